The molecule has 1 aliphatic heterocycles. The lowest BCUT2D eigenvalue weighted by Crippen LogP contribution is -2.46. The Bertz CT molecular complexity index is 801. The summed E-state index contributed by atoms with van der Waals surface area (Å²) in [7, 11) is 0. The number of nitrogens with zero attached hydrogens (tertiary/aromatic N) is 3. The van der Waals surface area contributed by atoms with Gasteiger partial charge in [0.25, 0.3) is 0 Å². The summed E-state index contributed by atoms with van der Waals surface area (Å²) in [5.41, 5.74) is 0. The van der Waals surface area contributed by atoms with E-state index in [0.29, 0.717) is 38.4 Å². The third kappa shape index (κ3) is 25.9. The Morgan fingerprint density at radius 3 is 1.31 bits per heavy atom. The highest BCUT2D eigenvalue weighted by molar-refractivity contribution is 5.79. The summed E-state index contributed by atoms with van der Waals surface area (Å²) in [5, 5.41) is 2.90. The van der Waals surface area contributed by atoms with E-state index in [4.69, 9.17) is 0 Å². The second kappa shape index (κ2) is 34.2. The molecule has 0 saturated carbocycles. The quantitative estimate of drug-likeness (QED) is 0.0662. The van der Waals surface area contributed by atoms with Crippen LogP contribution in [0, 0.1) is 5.92 Å². The van der Waals surface area contributed by atoms with Crippen molar-refractivity contribution in [1.29, 1.82) is 0 Å². The Kier molecular flexibility index (Phi) is 31.7. The monoisotopic (exact) mass is 719 g/mol. The van der Waals surface area contributed by atoms with Crippen molar-refractivity contribution < 1.29 is 14.4 Å². The van der Waals surface area contributed by atoms with E-state index in [1.807, 2.05) is 18.7 Å². The number of hydrogen-bond donors (Lipinski definition) is 1. The van der Waals surface area contributed by atoms with Gasteiger partial charge < -0.3 is 20.0 Å². The number of carbonyl (C=O) groups excluding carboxylic acids is 3. The van der Waals surface area contributed by atoms with Crippen LogP contribution in [-0.4, -0.2) is 84.8 Å². The average molecular weight is 719 g/mol. The number of amides is 3. The molecule has 0 aliphatic carbocycles. The number of piperidine rings is 1. The molecule has 7 nitrogen and oxygen atoms in total. The van der Waals surface area contributed by atoms with Gasteiger partial charge in [-0.05, 0) is 38.8 Å². The van der Waals surface area contributed by atoms with Gasteiger partial charge in [0.2, 0.25) is 17.7 Å². The average Bonchev–Trinajstić information content (AvgIpc) is 3.15. The summed E-state index contributed by atoms with van der Waals surface area (Å²) < 4.78 is 0. The molecule has 0 aromatic heterocycles. The molecule has 1 rings (SSSR count). The number of hydrogen-bond acceptors (Lipinski definition) is 4. The van der Waals surface area contributed by atoms with Crippen LogP contribution < -0.4 is 5.32 Å². The van der Waals surface area contributed by atoms with Gasteiger partial charge in [0.15, 0.2) is 0 Å². The molecule has 1 fully saturated rings. The van der Waals surface area contributed by atoms with E-state index in [0.717, 1.165) is 58.4 Å². The van der Waals surface area contributed by atoms with Gasteiger partial charge in [-0.2, -0.15) is 0 Å². The van der Waals surface area contributed by atoms with Crippen molar-refractivity contribution in [2.45, 2.75) is 207 Å². The largest absolute Gasteiger partial charge is 0.354 e. The predicted octanol–water partition coefficient (Wildman–Crippen LogP) is 10.7. The topological polar surface area (TPSA) is 73.0 Å². The Morgan fingerprint density at radius 1 is 0.510 bits per heavy atom. The van der Waals surface area contributed by atoms with Gasteiger partial charge in [0, 0.05) is 58.0 Å². The van der Waals surface area contributed by atoms with Crippen LogP contribution in [0.3, 0.4) is 0 Å². The molecule has 1 saturated heterocycles. The zero-order valence-corrected chi connectivity index (χ0v) is 34.6. The summed E-state index contributed by atoms with van der Waals surface area (Å²) in [6, 6.07) is 0. The van der Waals surface area contributed by atoms with Crippen LogP contribution in [-0.2, 0) is 14.4 Å². The Morgan fingerprint density at radius 2 is 0.922 bits per heavy atom. The van der Waals surface area contributed by atoms with E-state index in [1.165, 1.54) is 141 Å². The first-order chi connectivity index (χ1) is 25.0. The highest BCUT2D eigenvalue weighted by Crippen LogP contribution is 2.22. The van der Waals surface area contributed by atoms with Crippen molar-refractivity contribution in [2.75, 3.05) is 52.4 Å². The van der Waals surface area contributed by atoms with Crippen LogP contribution in [0.25, 0.3) is 0 Å². The number of nitrogens with one attached hydrogen (secondary N) is 1. The smallest absolute Gasteiger partial charge is 0.225 e. The number of rotatable bonds is 35. The Hall–Kier alpha value is -1.63. The molecule has 0 atom stereocenters. The van der Waals surface area contributed by atoms with Crippen molar-refractivity contribution in [3.8, 4) is 0 Å². The van der Waals surface area contributed by atoms with E-state index in [9.17, 15) is 14.4 Å². The van der Waals surface area contributed by atoms with Crippen molar-refractivity contribution in [2.24, 2.45) is 5.92 Å². The third-order valence-corrected chi connectivity index (χ3v) is 11.2. The lowest BCUT2D eigenvalue weighted by molar-refractivity contribution is -0.137. The van der Waals surface area contributed by atoms with Gasteiger partial charge >= 0.3 is 0 Å². The molecule has 1 N–H and O–H groups in total. The predicted molar refractivity (Wildman–Crippen MR) is 218 cm³/mol. The molecule has 3 amide bonds. The highest BCUT2D eigenvalue weighted by Gasteiger charge is 2.28. The van der Waals surface area contributed by atoms with E-state index in [1.54, 1.807) is 0 Å². The minimum atomic E-state index is 0.0253. The normalized spacial score (nSPS) is 13.8. The van der Waals surface area contributed by atoms with Crippen LogP contribution >= 0.6 is 0 Å². The maximum Gasteiger partial charge on any atom is 0.225 e. The minimum Gasteiger partial charge on any atom is -0.354 e. The Balaban J connectivity index is 2.45. The molecule has 0 aromatic rings. The molecule has 0 aromatic carbocycles. The standard InChI is InChI=1S/C44H86N4O3/c1-5-9-11-13-15-17-19-21-23-25-27-29-34-48(35-30-28-26-24-22-20-18-16-14-12-10-6-2)44(51)41-31-36-46(37-32-41)39-40-47(43(50)8-4)38-33-45-42(49)7-3/h41H,5-40H2,1-4H3,(H,45,49). The molecule has 51 heavy (non-hydrogen) atoms. The molecular weight excluding hydrogens is 633 g/mol. The first-order valence-corrected chi connectivity index (χ1v) is 22.5. The highest BCUT2D eigenvalue weighted by atomic mass is 16.2. The van der Waals surface area contributed by atoms with Crippen molar-refractivity contribution >= 4 is 17.7 Å². The molecular formula is C44H86N4O3. The van der Waals surface area contributed by atoms with Crippen molar-refractivity contribution in [3.05, 3.63) is 0 Å². The minimum absolute atomic E-state index is 0.0253. The number of carbonyl (C=O) groups is 3. The molecule has 0 unspecified atom stereocenters. The summed E-state index contributed by atoms with van der Waals surface area (Å²) in [5.74, 6) is 0.693. The van der Waals surface area contributed by atoms with Crippen LogP contribution in [0.2, 0.25) is 0 Å². The molecule has 1 aliphatic rings. The van der Waals surface area contributed by atoms with Gasteiger partial charge in [-0.25, -0.2) is 0 Å². The maximum atomic E-state index is 13.9. The van der Waals surface area contributed by atoms with E-state index < -0.39 is 0 Å². The fourth-order valence-corrected chi connectivity index (χ4v) is 7.58. The molecule has 1 heterocycles. The van der Waals surface area contributed by atoms with Crippen molar-refractivity contribution in [3.63, 3.8) is 0 Å². The molecule has 0 bridgehead atoms. The van der Waals surface area contributed by atoms with Crippen LogP contribution in [0.4, 0.5) is 0 Å². The number of likely N-dealkylation sites (tertiary alicyclic amines) is 1. The summed E-state index contributed by atoms with van der Waals surface area (Å²) in [6.07, 6.45) is 35.0. The van der Waals surface area contributed by atoms with Gasteiger partial charge in [-0.3, -0.25) is 14.4 Å². The van der Waals surface area contributed by atoms with Gasteiger partial charge in [-0.15, -0.1) is 0 Å². The zero-order chi connectivity index (χ0) is 37.2. The lowest BCUT2D eigenvalue weighted by atomic mass is 9.94. The first-order valence-electron chi connectivity index (χ1n) is 22.5. The SMILES string of the molecule is CCCCCCCCCCCCCCN(CCCCCCCCCCCCCC)C(=O)C1CCN(CCN(CCNC(=O)CC)C(=O)CC)CC1. The second-order valence-electron chi connectivity index (χ2n) is 15.7. The van der Waals surface area contributed by atoms with Gasteiger partial charge in [-0.1, -0.05) is 169 Å². The summed E-state index contributed by atoms with van der Waals surface area (Å²) in [6.45, 7) is 14.6. The summed E-state index contributed by atoms with van der Waals surface area (Å²) in [4.78, 5) is 44.6. The maximum absolute atomic E-state index is 13.9. The fourth-order valence-electron chi connectivity index (χ4n) is 7.58. The van der Waals surface area contributed by atoms with Gasteiger partial charge in [0.1, 0.15) is 0 Å². The molecule has 7 heteroatoms. The first kappa shape index (κ1) is 47.4. The zero-order valence-electron chi connectivity index (χ0n) is 34.6. The summed E-state index contributed by atoms with van der Waals surface area (Å²) >= 11 is 0. The van der Waals surface area contributed by atoms with Crippen LogP contribution in [0.15, 0.2) is 0 Å². The van der Waals surface area contributed by atoms with Crippen LogP contribution in [0.1, 0.15) is 207 Å². The fraction of sp³-hybridized carbons (Fsp3) is 0.932. The molecule has 300 valence electrons. The Labute approximate surface area is 317 Å². The van der Waals surface area contributed by atoms with Crippen LogP contribution in [0.5, 0.6) is 0 Å². The third-order valence-electron chi connectivity index (χ3n) is 11.2. The van der Waals surface area contributed by atoms with E-state index in [2.05, 4.69) is 29.0 Å². The van der Waals surface area contributed by atoms with Crippen molar-refractivity contribution in [1.82, 2.24) is 20.0 Å². The molecule has 0 spiro atoms. The van der Waals surface area contributed by atoms with E-state index >= 15 is 0 Å². The molecule has 0 radical (unpaired) electrons. The van der Waals surface area contributed by atoms with Gasteiger partial charge in [0.05, 0.1) is 0 Å². The number of unbranched alkanes of at least 4 members (excludes halogenated alkanes) is 22. The lowest BCUT2D eigenvalue weighted by Gasteiger charge is -2.35. The second-order valence-corrected chi connectivity index (χ2v) is 15.7. The van der Waals surface area contributed by atoms with E-state index in [-0.39, 0.29) is 17.7 Å².